The van der Waals surface area contributed by atoms with Gasteiger partial charge in [-0.1, -0.05) is 6.07 Å². The number of sulfonamides is 1. The van der Waals surface area contributed by atoms with Crippen LogP contribution in [-0.2, 0) is 19.9 Å². The molecule has 1 aromatic heterocycles. The Morgan fingerprint density at radius 1 is 1.10 bits per heavy atom. The molecule has 1 saturated heterocycles. The summed E-state index contributed by atoms with van der Waals surface area (Å²) in [5.74, 6) is 0.344. The van der Waals surface area contributed by atoms with Crippen LogP contribution in [0.25, 0.3) is 10.9 Å². The maximum Gasteiger partial charge on any atom is 0.265 e. The quantitative estimate of drug-likeness (QED) is 0.598. The molecule has 0 radical (unpaired) electrons. The summed E-state index contributed by atoms with van der Waals surface area (Å²) >= 11 is 0. The highest BCUT2D eigenvalue weighted by molar-refractivity contribution is 7.93. The molecule has 0 amide bonds. The molecule has 0 bridgehead atoms. The van der Waals surface area contributed by atoms with Crippen molar-refractivity contribution in [1.29, 1.82) is 0 Å². The van der Waals surface area contributed by atoms with E-state index in [-0.39, 0.29) is 22.8 Å². The normalized spacial score (nSPS) is 18.4. The number of hydrogen-bond donors (Lipinski definition) is 0. The van der Waals surface area contributed by atoms with Gasteiger partial charge in [0.1, 0.15) is 5.75 Å². The Balaban J connectivity index is 1.91. The first-order valence-electron chi connectivity index (χ1n) is 9.46. The minimum absolute atomic E-state index is 0.0317. The van der Waals surface area contributed by atoms with E-state index in [9.17, 15) is 16.8 Å². The first-order chi connectivity index (χ1) is 14.2. The first-order valence-corrected chi connectivity index (χ1v) is 12.7. The number of methoxy groups -OCH3 is 1. The van der Waals surface area contributed by atoms with Crippen LogP contribution in [-0.4, -0.2) is 46.5 Å². The third-order valence-corrected chi connectivity index (χ3v) is 9.02. The lowest BCUT2D eigenvalue weighted by Crippen LogP contribution is -2.41. The average Bonchev–Trinajstić information content (AvgIpc) is 3.07. The minimum atomic E-state index is -4.06. The molecule has 1 atom stereocenters. The monoisotopic (exact) mass is 446 g/mol. The third-order valence-electron chi connectivity index (χ3n) is 5.34. The fourth-order valence-electron chi connectivity index (χ4n) is 3.85. The number of aryl methyl sites for hydroxylation is 1. The van der Waals surface area contributed by atoms with Crippen LogP contribution in [0.2, 0.25) is 0 Å². The molecule has 1 fully saturated rings. The highest BCUT2D eigenvalue weighted by Gasteiger charge is 2.39. The van der Waals surface area contributed by atoms with Crippen LogP contribution in [0.3, 0.4) is 0 Å². The van der Waals surface area contributed by atoms with Crippen molar-refractivity contribution in [2.75, 3.05) is 22.9 Å². The first kappa shape index (κ1) is 20.6. The number of ether oxygens (including phenoxy) is 1. The van der Waals surface area contributed by atoms with Crippen molar-refractivity contribution in [3.8, 4) is 5.75 Å². The Kier molecular flexibility index (Phi) is 5.19. The van der Waals surface area contributed by atoms with Gasteiger partial charge in [-0.25, -0.2) is 16.8 Å². The van der Waals surface area contributed by atoms with Crippen LogP contribution < -0.4 is 9.04 Å². The van der Waals surface area contributed by atoms with Gasteiger partial charge in [0.2, 0.25) is 0 Å². The predicted octanol–water partition coefficient (Wildman–Crippen LogP) is 2.93. The van der Waals surface area contributed by atoms with Crippen LogP contribution >= 0.6 is 0 Å². The van der Waals surface area contributed by atoms with Crippen molar-refractivity contribution in [2.24, 2.45) is 0 Å². The van der Waals surface area contributed by atoms with Crippen molar-refractivity contribution in [3.63, 3.8) is 0 Å². The summed E-state index contributed by atoms with van der Waals surface area (Å²) in [4.78, 5) is 4.44. The van der Waals surface area contributed by atoms with Gasteiger partial charge in [-0.2, -0.15) is 0 Å². The topological polar surface area (TPSA) is 93.6 Å². The van der Waals surface area contributed by atoms with Crippen LogP contribution in [0.15, 0.2) is 59.6 Å². The molecule has 0 N–H and O–H groups in total. The van der Waals surface area contributed by atoms with E-state index in [4.69, 9.17) is 4.74 Å². The molecule has 2 aromatic carbocycles. The molecule has 0 saturated carbocycles. The van der Waals surface area contributed by atoms with E-state index in [0.717, 1.165) is 5.56 Å². The Labute approximate surface area is 176 Å². The van der Waals surface area contributed by atoms with E-state index in [1.54, 1.807) is 54.7 Å². The van der Waals surface area contributed by atoms with Crippen molar-refractivity contribution in [3.05, 3.63) is 60.3 Å². The Morgan fingerprint density at radius 3 is 2.47 bits per heavy atom. The van der Waals surface area contributed by atoms with Crippen LogP contribution in [0.5, 0.6) is 5.75 Å². The molecule has 0 unspecified atom stereocenters. The lowest BCUT2D eigenvalue weighted by molar-refractivity contribution is 0.415. The fourth-order valence-corrected chi connectivity index (χ4v) is 7.51. The van der Waals surface area contributed by atoms with E-state index in [2.05, 4.69) is 4.98 Å². The number of rotatable bonds is 5. The van der Waals surface area contributed by atoms with Crippen LogP contribution in [0, 0.1) is 6.92 Å². The lowest BCUT2D eigenvalue weighted by Gasteiger charge is -2.30. The third kappa shape index (κ3) is 3.63. The van der Waals surface area contributed by atoms with Gasteiger partial charge >= 0.3 is 0 Å². The summed E-state index contributed by atoms with van der Waals surface area (Å²) in [6.07, 6.45) is 1.87. The van der Waals surface area contributed by atoms with Gasteiger partial charge in [0.25, 0.3) is 10.0 Å². The van der Waals surface area contributed by atoms with E-state index >= 15 is 0 Å². The lowest BCUT2D eigenvalue weighted by atomic mass is 10.1. The Morgan fingerprint density at radius 2 is 1.83 bits per heavy atom. The maximum atomic E-state index is 13.9. The summed E-state index contributed by atoms with van der Waals surface area (Å²) in [6.45, 7) is 1.87. The highest BCUT2D eigenvalue weighted by Crippen LogP contribution is 2.34. The molecule has 4 rings (SSSR count). The highest BCUT2D eigenvalue weighted by atomic mass is 32.2. The molecule has 0 spiro atoms. The number of nitrogens with zero attached hydrogens (tertiary/aromatic N) is 2. The molecule has 9 heteroatoms. The Hall–Kier alpha value is -2.65. The molecular formula is C21H22N2O5S2. The summed E-state index contributed by atoms with van der Waals surface area (Å²) in [6, 6.07) is 12.6. The molecule has 30 heavy (non-hydrogen) atoms. The molecule has 0 aliphatic carbocycles. The van der Waals surface area contributed by atoms with Gasteiger partial charge in [-0.05, 0) is 61.4 Å². The number of aromatic nitrogens is 1. The molecule has 3 aromatic rings. The van der Waals surface area contributed by atoms with Gasteiger partial charge in [-0.15, -0.1) is 0 Å². The van der Waals surface area contributed by atoms with Crippen molar-refractivity contribution < 1.29 is 21.6 Å². The number of pyridine rings is 1. The molecular weight excluding hydrogens is 424 g/mol. The number of anilines is 1. The SMILES string of the molecule is COc1ccc(N([C@H]2CCS(=O)(=O)C2)S(=O)(=O)c2ccc(C)c3ncccc23)cc1. The summed E-state index contributed by atoms with van der Waals surface area (Å²) in [5, 5.41) is 0.511. The van der Waals surface area contributed by atoms with Gasteiger partial charge in [0.15, 0.2) is 9.84 Å². The number of fused-ring (bicyclic) bond motifs is 1. The standard InChI is InChI=1S/C21H22N2O5S2/c1-15-5-10-20(19-4-3-12-22-21(15)19)30(26,27)23(17-11-13-29(24,25)14-17)16-6-8-18(28-2)9-7-16/h3-10,12,17H,11,13-14H2,1-2H3/t17-/m0/s1. The van der Waals surface area contributed by atoms with Crippen LogP contribution in [0.4, 0.5) is 5.69 Å². The number of sulfone groups is 1. The fraction of sp³-hybridized carbons (Fsp3) is 0.286. The molecule has 1 aliphatic rings. The molecule has 1 aliphatic heterocycles. The summed E-state index contributed by atoms with van der Waals surface area (Å²) < 4.78 is 58.5. The van der Waals surface area contributed by atoms with E-state index in [0.29, 0.717) is 22.3 Å². The largest absolute Gasteiger partial charge is 0.497 e. The van der Waals surface area contributed by atoms with Gasteiger partial charge in [0, 0.05) is 11.6 Å². The minimum Gasteiger partial charge on any atom is -0.497 e. The number of benzene rings is 2. The summed E-state index contributed by atoms with van der Waals surface area (Å²) in [7, 11) is -5.83. The second-order valence-electron chi connectivity index (χ2n) is 7.34. The van der Waals surface area contributed by atoms with Crippen molar-refractivity contribution in [2.45, 2.75) is 24.3 Å². The molecule has 158 valence electrons. The second-order valence-corrected chi connectivity index (χ2v) is 11.3. The second kappa shape index (κ2) is 7.55. The zero-order valence-electron chi connectivity index (χ0n) is 16.6. The smallest absolute Gasteiger partial charge is 0.265 e. The molecule has 2 heterocycles. The van der Waals surface area contributed by atoms with Crippen LogP contribution in [0.1, 0.15) is 12.0 Å². The van der Waals surface area contributed by atoms with E-state index in [1.165, 1.54) is 11.4 Å². The average molecular weight is 447 g/mol. The van der Waals surface area contributed by atoms with Gasteiger partial charge in [-0.3, -0.25) is 9.29 Å². The van der Waals surface area contributed by atoms with Crippen molar-refractivity contribution in [1.82, 2.24) is 4.98 Å². The number of hydrogen-bond acceptors (Lipinski definition) is 6. The van der Waals surface area contributed by atoms with E-state index < -0.39 is 25.9 Å². The summed E-state index contributed by atoms with van der Waals surface area (Å²) in [5.41, 5.74) is 1.87. The Bertz CT molecular complexity index is 1300. The zero-order valence-corrected chi connectivity index (χ0v) is 18.3. The zero-order chi connectivity index (χ0) is 21.5. The van der Waals surface area contributed by atoms with Crippen molar-refractivity contribution >= 4 is 36.5 Å². The van der Waals surface area contributed by atoms with Gasteiger partial charge in [0.05, 0.1) is 40.8 Å². The maximum absolute atomic E-state index is 13.9. The molecule has 7 nitrogen and oxygen atoms in total. The van der Waals surface area contributed by atoms with E-state index in [1.807, 2.05) is 6.92 Å². The predicted molar refractivity (Wildman–Crippen MR) is 116 cm³/mol. The van der Waals surface area contributed by atoms with Gasteiger partial charge < -0.3 is 4.74 Å².